The van der Waals surface area contributed by atoms with Crippen molar-refractivity contribution in [3.05, 3.63) is 60.7 Å². The Morgan fingerprint density at radius 3 is 1.35 bits per heavy atom. The van der Waals surface area contributed by atoms with Crippen LogP contribution in [0.5, 0.6) is 0 Å². The standard InChI is InChI=1S/2C6H5N.2HI.U/c2*7-6-4-2-1-3-5-6;;;/h2*1-5H;2*1H;/q;;;;+2/p-2. The Morgan fingerprint density at radius 1 is 0.647 bits per heavy atom. The first kappa shape index (κ1) is 14.0. The van der Waals surface area contributed by atoms with Gasteiger partial charge in [-0.3, -0.25) is 0 Å². The minimum absolute atomic E-state index is 1.04. The molecule has 5 heteroatoms. The molecule has 86 valence electrons. The topological polar surface area (TPSA) is 24.7 Å². The van der Waals surface area contributed by atoms with Crippen molar-refractivity contribution in [2.75, 3.05) is 0 Å². The SMILES string of the molecule is [I][U]([I])(=[N]c1ccccc1)=[N]c1ccccc1. The third-order valence-electron chi connectivity index (χ3n) is 2.04. The first-order valence-corrected chi connectivity index (χ1v) is 32.1. The van der Waals surface area contributed by atoms with Gasteiger partial charge in [-0.05, 0) is 0 Å². The monoisotopic (exact) mass is 674 g/mol. The van der Waals surface area contributed by atoms with E-state index in [1.807, 2.05) is 60.7 Å². The zero-order valence-electron chi connectivity index (χ0n) is 8.92. The number of hydrogen-bond donors (Lipinski definition) is 0. The van der Waals surface area contributed by atoms with Crippen molar-refractivity contribution < 1.29 is 14.8 Å². The van der Waals surface area contributed by atoms with Crippen molar-refractivity contribution >= 4 is 44.9 Å². The minimum atomic E-state index is -2.97. The molecule has 0 N–H and O–H groups in total. The average molecular weight is 674 g/mol. The molecule has 2 rings (SSSR count). The van der Waals surface area contributed by atoms with Gasteiger partial charge in [-0.2, -0.15) is 0 Å². The molecule has 0 aliphatic heterocycles. The van der Waals surface area contributed by atoms with Crippen molar-refractivity contribution in [2.45, 2.75) is 0 Å². The molecular weight excluding hydrogens is 664 g/mol. The number of hydrogen-bond acceptors (Lipinski definition) is 2. The Bertz CT molecular complexity index is 543. The summed E-state index contributed by atoms with van der Waals surface area (Å²) < 4.78 is 9.64. The maximum absolute atomic E-state index is 4.82. The van der Waals surface area contributed by atoms with Gasteiger partial charge in [0.15, 0.2) is 0 Å². The zero-order chi connectivity index (χ0) is 12.1. The van der Waals surface area contributed by atoms with Crippen molar-refractivity contribution in [3.63, 3.8) is 0 Å². The van der Waals surface area contributed by atoms with E-state index in [4.69, 9.17) is 4.51 Å². The van der Waals surface area contributed by atoms with Gasteiger partial charge in [0.25, 0.3) is 0 Å². The maximum atomic E-state index is 4.82. The van der Waals surface area contributed by atoms with E-state index in [-0.39, 0.29) is 0 Å². The van der Waals surface area contributed by atoms with Gasteiger partial charge in [-0.25, -0.2) is 0 Å². The van der Waals surface area contributed by atoms with Crippen LogP contribution >= 0.6 is 33.5 Å². The normalized spacial score (nSPS) is 10.9. The number of benzene rings is 2. The average Bonchev–Trinajstić information content (AvgIpc) is 2.30. The molecule has 2 aromatic carbocycles. The molecule has 0 heterocycles. The molecule has 0 bridgehead atoms. The van der Waals surface area contributed by atoms with E-state index in [1.165, 1.54) is 0 Å². The second-order valence-corrected chi connectivity index (χ2v) is 56.8. The first-order valence-electron chi connectivity index (χ1n) is 5.09. The van der Waals surface area contributed by atoms with E-state index in [0.717, 1.165) is 11.4 Å². The Kier molecular flexibility index (Phi) is 5.46. The van der Waals surface area contributed by atoms with E-state index < -0.39 is 14.8 Å². The van der Waals surface area contributed by atoms with E-state index in [2.05, 4.69) is 33.5 Å². The summed E-state index contributed by atoms with van der Waals surface area (Å²) in [5.74, 6) is 0. The summed E-state index contributed by atoms with van der Waals surface area (Å²) in [6.45, 7) is 0. The van der Waals surface area contributed by atoms with Crippen LogP contribution in [0.4, 0.5) is 11.4 Å². The molecule has 0 unspecified atom stereocenters. The molecule has 0 aliphatic carbocycles. The van der Waals surface area contributed by atoms with E-state index >= 15 is 0 Å². The van der Waals surface area contributed by atoms with Crippen LogP contribution in [-0.2, 0) is 0 Å². The fourth-order valence-corrected chi connectivity index (χ4v) is 15.8. The van der Waals surface area contributed by atoms with Gasteiger partial charge in [0.1, 0.15) is 0 Å². The van der Waals surface area contributed by atoms with Crippen LogP contribution in [0, 0.1) is 14.8 Å². The Hall–Kier alpha value is 0.552. The summed E-state index contributed by atoms with van der Waals surface area (Å²) in [7, 11) is 0. The predicted octanol–water partition coefficient (Wildman–Crippen LogP) is 5.87. The molecule has 0 radical (unpaired) electrons. The summed E-state index contributed by atoms with van der Waals surface area (Å²) in [5.41, 5.74) is 2.09. The first-order chi connectivity index (χ1) is 8.16. The van der Waals surface area contributed by atoms with E-state index in [9.17, 15) is 0 Å². The van der Waals surface area contributed by atoms with Crippen LogP contribution in [0.2, 0.25) is 0 Å². The molecule has 2 nitrogen and oxygen atoms in total. The van der Waals surface area contributed by atoms with E-state index in [0.29, 0.717) is 0 Å². The number of halogens is 2. The summed E-state index contributed by atoms with van der Waals surface area (Å²) in [5, 5.41) is 0. The molecule has 17 heavy (non-hydrogen) atoms. The van der Waals surface area contributed by atoms with Crippen molar-refractivity contribution in [1.82, 2.24) is 0 Å². The molecule has 0 amide bonds. The van der Waals surface area contributed by atoms with Crippen molar-refractivity contribution in [1.29, 1.82) is 0 Å². The van der Waals surface area contributed by atoms with Gasteiger partial charge in [-0.15, -0.1) is 0 Å². The third kappa shape index (κ3) is 4.97. The Labute approximate surface area is 123 Å². The van der Waals surface area contributed by atoms with E-state index in [1.54, 1.807) is 0 Å². The fourth-order valence-electron chi connectivity index (χ4n) is 1.34. The van der Waals surface area contributed by atoms with Gasteiger partial charge < -0.3 is 0 Å². The molecule has 0 aliphatic rings. The van der Waals surface area contributed by atoms with Crippen LogP contribution in [0.3, 0.4) is 0 Å². The van der Waals surface area contributed by atoms with Gasteiger partial charge in [0.05, 0.1) is 0 Å². The van der Waals surface area contributed by atoms with Crippen LogP contribution < -0.4 is 0 Å². The van der Waals surface area contributed by atoms with Gasteiger partial charge in [0, 0.05) is 0 Å². The van der Waals surface area contributed by atoms with Crippen molar-refractivity contribution in [2.24, 2.45) is 4.51 Å². The van der Waals surface area contributed by atoms with Crippen LogP contribution in [0.15, 0.2) is 65.2 Å². The molecular formula is C12H10I2N2U. The van der Waals surface area contributed by atoms with Gasteiger partial charge in [0.2, 0.25) is 0 Å². The molecule has 0 spiro atoms. The molecule has 0 atom stereocenters. The second-order valence-electron chi connectivity index (χ2n) is 3.40. The summed E-state index contributed by atoms with van der Waals surface area (Å²) >= 11 is 1.96. The molecule has 2 aromatic rings. The van der Waals surface area contributed by atoms with Gasteiger partial charge in [-0.1, -0.05) is 0 Å². The second kappa shape index (κ2) is 6.64. The van der Waals surface area contributed by atoms with Crippen LogP contribution in [-0.4, -0.2) is 0 Å². The Morgan fingerprint density at radius 2 is 1.00 bits per heavy atom. The summed E-state index contributed by atoms with van der Waals surface area (Å²) in [6, 6.07) is 20.2. The fraction of sp³-hybridized carbons (Fsp3) is 0. The third-order valence-corrected chi connectivity index (χ3v) is 15.4. The molecule has 0 saturated carbocycles. The quantitative estimate of drug-likeness (QED) is 0.357. The zero-order valence-corrected chi connectivity index (χ0v) is 17.4. The number of rotatable bonds is 2. The molecule has 0 aromatic heterocycles. The summed E-state index contributed by atoms with van der Waals surface area (Å²) in [6.07, 6.45) is 0. The van der Waals surface area contributed by atoms with Gasteiger partial charge >= 0.3 is 125 Å². The predicted molar refractivity (Wildman–Crippen MR) is 85.1 cm³/mol. The summed E-state index contributed by atoms with van der Waals surface area (Å²) in [4.78, 5) is 0. The van der Waals surface area contributed by atoms with Crippen LogP contribution in [0.1, 0.15) is 0 Å². The van der Waals surface area contributed by atoms with Crippen molar-refractivity contribution in [3.8, 4) is 0 Å². The number of nitrogens with zero attached hydrogens (tertiary/aromatic N) is 2. The molecule has 0 saturated heterocycles. The molecule has 0 fully saturated rings. The van der Waals surface area contributed by atoms with Crippen LogP contribution in [0.25, 0.3) is 0 Å². The Balaban J connectivity index is 2.43.